The van der Waals surface area contributed by atoms with Crippen LogP contribution in [0.3, 0.4) is 0 Å². The molecule has 3 rings (SSSR count). The highest BCUT2D eigenvalue weighted by atomic mass is 79.9. The molecular formula is C14H15BrN2. The molecule has 3 heteroatoms. The van der Waals surface area contributed by atoms with Gasteiger partial charge >= 0.3 is 0 Å². The molecule has 0 N–H and O–H groups in total. The lowest BCUT2D eigenvalue weighted by Gasteiger charge is -2.18. The van der Waals surface area contributed by atoms with E-state index >= 15 is 0 Å². The van der Waals surface area contributed by atoms with Gasteiger partial charge in [0.05, 0.1) is 5.69 Å². The number of imidazole rings is 1. The van der Waals surface area contributed by atoms with E-state index in [1.807, 2.05) is 6.07 Å². The number of hydrogen-bond acceptors (Lipinski definition) is 1. The first kappa shape index (κ1) is 11.0. The number of rotatable bonds is 1. The monoisotopic (exact) mass is 290 g/mol. The third-order valence-corrected chi connectivity index (χ3v) is 3.87. The predicted octanol–water partition coefficient (Wildman–Crippen LogP) is 3.89. The molecule has 0 saturated heterocycles. The minimum absolute atomic E-state index is 0.764. The van der Waals surface area contributed by atoms with Crippen molar-refractivity contribution in [2.75, 3.05) is 0 Å². The molecular weight excluding hydrogens is 276 g/mol. The molecule has 2 heterocycles. The van der Waals surface area contributed by atoms with Crippen LogP contribution in [0.2, 0.25) is 0 Å². The topological polar surface area (TPSA) is 17.8 Å². The number of fused-ring (bicyclic) bond motifs is 1. The summed E-state index contributed by atoms with van der Waals surface area (Å²) in [6.07, 6.45) is 4.55. The first-order valence-electron chi connectivity index (χ1n) is 6.04. The molecule has 0 fully saturated rings. The Bertz CT molecular complexity index is 545. The summed E-state index contributed by atoms with van der Waals surface area (Å²) in [5.74, 6) is 2.00. The van der Waals surface area contributed by atoms with Crippen molar-refractivity contribution in [2.45, 2.75) is 26.3 Å². The maximum absolute atomic E-state index is 4.75. The first-order chi connectivity index (χ1) is 8.22. The summed E-state index contributed by atoms with van der Waals surface area (Å²) in [5, 5.41) is 0. The molecule has 0 spiro atoms. The SMILES string of the molecule is C[C@H]1CCn2cc(-c3cccc(Br)c3)nc2C1. The fraction of sp³-hybridized carbons (Fsp3) is 0.357. The third-order valence-electron chi connectivity index (χ3n) is 3.37. The number of nitrogens with zero attached hydrogens (tertiary/aromatic N) is 2. The van der Waals surface area contributed by atoms with Gasteiger partial charge in [-0.05, 0) is 24.5 Å². The van der Waals surface area contributed by atoms with Gasteiger partial charge in [-0.2, -0.15) is 0 Å². The summed E-state index contributed by atoms with van der Waals surface area (Å²) in [5.41, 5.74) is 2.28. The maximum atomic E-state index is 4.75. The van der Waals surface area contributed by atoms with Crippen LogP contribution in [0.25, 0.3) is 11.3 Å². The van der Waals surface area contributed by atoms with Crippen LogP contribution >= 0.6 is 15.9 Å². The van der Waals surface area contributed by atoms with Crippen LogP contribution in [0, 0.1) is 5.92 Å². The Morgan fingerprint density at radius 1 is 1.41 bits per heavy atom. The van der Waals surface area contributed by atoms with Gasteiger partial charge in [0, 0.05) is 29.2 Å². The molecule has 0 radical (unpaired) electrons. The highest BCUT2D eigenvalue weighted by Gasteiger charge is 2.17. The van der Waals surface area contributed by atoms with Gasteiger partial charge in [-0.3, -0.25) is 0 Å². The largest absolute Gasteiger partial charge is 0.334 e. The second kappa shape index (κ2) is 4.30. The summed E-state index contributed by atoms with van der Waals surface area (Å²) < 4.78 is 3.41. The molecule has 1 atom stereocenters. The van der Waals surface area contributed by atoms with Gasteiger partial charge in [-0.25, -0.2) is 4.98 Å². The molecule has 17 heavy (non-hydrogen) atoms. The Labute approximate surface area is 110 Å². The van der Waals surface area contributed by atoms with Gasteiger partial charge in [-0.15, -0.1) is 0 Å². The van der Waals surface area contributed by atoms with Crippen LogP contribution in [-0.2, 0) is 13.0 Å². The van der Waals surface area contributed by atoms with Crippen molar-refractivity contribution in [2.24, 2.45) is 5.92 Å². The number of aromatic nitrogens is 2. The molecule has 0 aliphatic carbocycles. The van der Waals surface area contributed by atoms with Gasteiger partial charge in [-0.1, -0.05) is 35.0 Å². The highest BCUT2D eigenvalue weighted by molar-refractivity contribution is 9.10. The van der Waals surface area contributed by atoms with Crippen LogP contribution in [0.1, 0.15) is 19.2 Å². The average Bonchev–Trinajstić information content (AvgIpc) is 2.72. The molecule has 2 aromatic rings. The van der Waals surface area contributed by atoms with E-state index in [-0.39, 0.29) is 0 Å². The van der Waals surface area contributed by atoms with Gasteiger partial charge in [0.15, 0.2) is 0 Å². The second-order valence-corrected chi connectivity index (χ2v) is 5.76. The van der Waals surface area contributed by atoms with Gasteiger partial charge < -0.3 is 4.57 Å². The fourth-order valence-corrected chi connectivity index (χ4v) is 2.77. The van der Waals surface area contributed by atoms with Gasteiger partial charge in [0.1, 0.15) is 5.82 Å². The molecule has 1 aliphatic heterocycles. The molecule has 1 aliphatic rings. The zero-order chi connectivity index (χ0) is 11.8. The normalized spacial score (nSPS) is 19.1. The lowest BCUT2D eigenvalue weighted by molar-refractivity contribution is 0.409. The quantitative estimate of drug-likeness (QED) is 0.779. The minimum atomic E-state index is 0.764. The molecule has 1 aromatic heterocycles. The molecule has 0 bridgehead atoms. The minimum Gasteiger partial charge on any atom is -0.334 e. The fourth-order valence-electron chi connectivity index (χ4n) is 2.37. The van der Waals surface area contributed by atoms with Crippen LogP contribution in [0.4, 0.5) is 0 Å². The zero-order valence-electron chi connectivity index (χ0n) is 9.86. The van der Waals surface area contributed by atoms with Crippen LogP contribution in [0.15, 0.2) is 34.9 Å². The van der Waals surface area contributed by atoms with E-state index in [9.17, 15) is 0 Å². The van der Waals surface area contributed by atoms with Crippen molar-refractivity contribution in [1.82, 2.24) is 9.55 Å². The number of benzene rings is 1. The zero-order valence-corrected chi connectivity index (χ0v) is 11.4. The summed E-state index contributed by atoms with van der Waals surface area (Å²) in [6, 6.07) is 8.34. The Kier molecular flexibility index (Phi) is 2.79. The number of halogens is 1. The highest BCUT2D eigenvalue weighted by Crippen LogP contribution is 2.26. The second-order valence-electron chi connectivity index (χ2n) is 4.84. The van der Waals surface area contributed by atoms with E-state index in [2.05, 4.69) is 51.8 Å². The standard InChI is InChI=1S/C14H15BrN2/c1-10-5-6-17-9-13(16-14(17)7-10)11-3-2-4-12(15)8-11/h2-4,8-10H,5-7H2,1H3/t10-/m0/s1. The van der Waals surface area contributed by atoms with Crippen molar-refractivity contribution in [3.8, 4) is 11.3 Å². The number of hydrogen-bond donors (Lipinski definition) is 0. The Hall–Kier alpha value is -1.09. The van der Waals surface area contributed by atoms with Crippen molar-refractivity contribution >= 4 is 15.9 Å². The van der Waals surface area contributed by atoms with E-state index in [1.54, 1.807) is 0 Å². The van der Waals surface area contributed by atoms with Gasteiger partial charge in [0.25, 0.3) is 0 Å². The van der Waals surface area contributed by atoms with Crippen molar-refractivity contribution < 1.29 is 0 Å². The smallest absolute Gasteiger partial charge is 0.109 e. The van der Waals surface area contributed by atoms with Crippen molar-refractivity contribution in [3.05, 3.63) is 40.8 Å². The molecule has 88 valence electrons. The van der Waals surface area contributed by atoms with E-state index in [0.717, 1.165) is 29.1 Å². The Balaban J connectivity index is 2.00. The first-order valence-corrected chi connectivity index (χ1v) is 6.83. The van der Waals surface area contributed by atoms with E-state index in [4.69, 9.17) is 4.98 Å². The Morgan fingerprint density at radius 3 is 3.12 bits per heavy atom. The Morgan fingerprint density at radius 2 is 2.29 bits per heavy atom. The van der Waals surface area contributed by atoms with E-state index < -0.39 is 0 Å². The van der Waals surface area contributed by atoms with Crippen LogP contribution in [-0.4, -0.2) is 9.55 Å². The van der Waals surface area contributed by atoms with Gasteiger partial charge in [0.2, 0.25) is 0 Å². The summed E-state index contributed by atoms with van der Waals surface area (Å²) in [7, 11) is 0. The number of aryl methyl sites for hydroxylation is 1. The molecule has 2 nitrogen and oxygen atoms in total. The van der Waals surface area contributed by atoms with E-state index in [1.165, 1.54) is 17.8 Å². The van der Waals surface area contributed by atoms with Crippen molar-refractivity contribution in [1.29, 1.82) is 0 Å². The van der Waals surface area contributed by atoms with Crippen molar-refractivity contribution in [3.63, 3.8) is 0 Å². The van der Waals surface area contributed by atoms with Crippen LogP contribution in [0.5, 0.6) is 0 Å². The predicted molar refractivity (Wildman–Crippen MR) is 72.8 cm³/mol. The summed E-state index contributed by atoms with van der Waals surface area (Å²) in [6.45, 7) is 3.41. The molecule has 0 saturated carbocycles. The average molecular weight is 291 g/mol. The maximum Gasteiger partial charge on any atom is 0.109 e. The third kappa shape index (κ3) is 2.16. The lowest BCUT2D eigenvalue weighted by atomic mass is 10.0. The van der Waals surface area contributed by atoms with Crippen LogP contribution < -0.4 is 0 Å². The molecule has 0 amide bonds. The summed E-state index contributed by atoms with van der Waals surface area (Å²) in [4.78, 5) is 4.75. The molecule has 0 unspecified atom stereocenters. The summed E-state index contributed by atoms with van der Waals surface area (Å²) >= 11 is 3.51. The molecule has 1 aromatic carbocycles. The lowest BCUT2D eigenvalue weighted by Crippen LogP contribution is -2.16. The van der Waals surface area contributed by atoms with E-state index in [0.29, 0.717) is 0 Å².